The van der Waals surface area contributed by atoms with Crippen LogP contribution in [0.15, 0.2) is 0 Å². The Morgan fingerprint density at radius 2 is 1.76 bits per heavy atom. The van der Waals surface area contributed by atoms with E-state index in [-0.39, 0.29) is 0 Å². The first-order chi connectivity index (χ1) is 7.99. The zero-order chi connectivity index (χ0) is 13.3. The summed E-state index contributed by atoms with van der Waals surface area (Å²) in [6, 6.07) is 0.663. The Morgan fingerprint density at radius 1 is 1.12 bits per heavy atom. The van der Waals surface area contributed by atoms with Crippen LogP contribution in [0.1, 0.15) is 34.1 Å². The number of rotatable bonds is 10. The van der Waals surface area contributed by atoms with E-state index >= 15 is 0 Å². The lowest BCUT2D eigenvalue weighted by atomic mass is 10.0. The molecule has 1 N–H and O–H groups in total. The molecule has 0 aliphatic carbocycles. The van der Waals surface area contributed by atoms with E-state index in [1.165, 1.54) is 18.7 Å². The van der Waals surface area contributed by atoms with Crippen LogP contribution >= 0.6 is 11.8 Å². The Morgan fingerprint density at radius 3 is 2.29 bits per heavy atom. The van der Waals surface area contributed by atoms with Gasteiger partial charge in [0.05, 0.1) is 0 Å². The van der Waals surface area contributed by atoms with Crippen molar-refractivity contribution >= 4 is 11.8 Å². The van der Waals surface area contributed by atoms with Crippen LogP contribution in [-0.2, 0) is 0 Å². The highest BCUT2D eigenvalue weighted by molar-refractivity contribution is 7.98. The van der Waals surface area contributed by atoms with Crippen LogP contribution in [0.3, 0.4) is 0 Å². The van der Waals surface area contributed by atoms with E-state index in [2.05, 4.69) is 51.2 Å². The van der Waals surface area contributed by atoms with E-state index in [0.717, 1.165) is 19.0 Å². The van der Waals surface area contributed by atoms with Crippen LogP contribution in [0.5, 0.6) is 0 Å². The summed E-state index contributed by atoms with van der Waals surface area (Å²) in [5, 5.41) is 3.56. The van der Waals surface area contributed by atoms with Crippen molar-refractivity contribution in [1.82, 2.24) is 10.2 Å². The number of nitrogens with one attached hydrogen (secondary N) is 1. The lowest BCUT2D eigenvalue weighted by Gasteiger charge is -2.30. The molecule has 0 bridgehead atoms. The number of hydrogen-bond donors (Lipinski definition) is 1. The molecule has 0 radical (unpaired) electrons. The van der Waals surface area contributed by atoms with Gasteiger partial charge in [-0.1, -0.05) is 20.8 Å². The summed E-state index contributed by atoms with van der Waals surface area (Å²) in [6.45, 7) is 12.7. The molecule has 104 valence electrons. The van der Waals surface area contributed by atoms with Crippen molar-refractivity contribution in [3.63, 3.8) is 0 Å². The van der Waals surface area contributed by atoms with Crippen molar-refractivity contribution in [3.8, 4) is 0 Å². The smallest absolute Gasteiger partial charge is 0.0102 e. The minimum absolute atomic E-state index is 0.663. The molecule has 0 heterocycles. The third kappa shape index (κ3) is 8.92. The molecule has 0 aromatic rings. The van der Waals surface area contributed by atoms with Gasteiger partial charge in [0, 0.05) is 6.04 Å². The van der Waals surface area contributed by atoms with Gasteiger partial charge in [0.1, 0.15) is 0 Å². The van der Waals surface area contributed by atoms with Gasteiger partial charge in [-0.2, -0.15) is 11.8 Å². The fourth-order valence-electron chi connectivity index (χ4n) is 1.87. The van der Waals surface area contributed by atoms with E-state index in [9.17, 15) is 0 Å². The first kappa shape index (κ1) is 17.3. The zero-order valence-corrected chi connectivity index (χ0v) is 13.4. The van der Waals surface area contributed by atoms with Gasteiger partial charge in [0.2, 0.25) is 0 Å². The van der Waals surface area contributed by atoms with Gasteiger partial charge in [-0.15, -0.1) is 0 Å². The van der Waals surface area contributed by atoms with Crippen LogP contribution in [0.4, 0.5) is 0 Å². The molecule has 0 fully saturated rings. The molecule has 17 heavy (non-hydrogen) atoms. The van der Waals surface area contributed by atoms with Crippen molar-refractivity contribution in [2.45, 2.75) is 40.2 Å². The van der Waals surface area contributed by atoms with Crippen molar-refractivity contribution in [2.75, 3.05) is 38.7 Å². The molecule has 0 rings (SSSR count). The van der Waals surface area contributed by atoms with Gasteiger partial charge < -0.3 is 10.2 Å². The second kappa shape index (κ2) is 10.2. The molecule has 0 spiro atoms. The van der Waals surface area contributed by atoms with E-state index in [0.29, 0.717) is 12.0 Å². The number of thioether (sulfide) groups is 1. The minimum Gasteiger partial charge on any atom is -0.316 e. The van der Waals surface area contributed by atoms with E-state index < -0.39 is 0 Å². The Kier molecular flexibility index (Phi) is 10.4. The summed E-state index contributed by atoms with van der Waals surface area (Å²) in [6.07, 6.45) is 3.48. The van der Waals surface area contributed by atoms with Crippen LogP contribution in [0.25, 0.3) is 0 Å². The van der Waals surface area contributed by atoms with Gasteiger partial charge >= 0.3 is 0 Å². The SMILES string of the molecule is CSCCCN(C)C(C)C(C)CNCC(C)C. The highest BCUT2D eigenvalue weighted by Crippen LogP contribution is 2.09. The van der Waals surface area contributed by atoms with Gasteiger partial charge in [-0.25, -0.2) is 0 Å². The second-order valence-electron chi connectivity index (χ2n) is 5.60. The summed E-state index contributed by atoms with van der Waals surface area (Å²) in [4.78, 5) is 2.50. The van der Waals surface area contributed by atoms with Crippen molar-refractivity contribution < 1.29 is 0 Å². The van der Waals surface area contributed by atoms with E-state index in [1.807, 2.05) is 11.8 Å². The molecule has 2 nitrogen and oxygen atoms in total. The first-order valence-corrected chi connectivity index (χ1v) is 8.28. The van der Waals surface area contributed by atoms with Gasteiger partial charge in [0.15, 0.2) is 0 Å². The highest BCUT2D eigenvalue weighted by atomic mass is 32.2. The maximum Gasteiger partial charge on any atom is 0.0102 e. The van der Waals surface area contributed by atoms with Crippen LogP contribution < -0.4 is 5.32 Å². The van der Waals surface area contributed by atoms with E-state index in [1.54, 1.807) is 0 Å². The summed E-state index contributed by atoms with van der Waals surface area (Å²) in [5.74, 6) is 2.74. The first-order valence-electron chi connectivity index (χ1n) is 6.88. The highest BCUT2D eigenvalue weighted by Gasteiger charge is 2.16. The average Bonchev–Trinajstić information content (AvgIpc) is 2.27. The lowest BCUT2D eigenvalue weighted by molar-refractivity contribution is 0.196. The quantitative estimate of drug-likeness (QED) is 0.608. The molecule has 0 saturated carbocycles. The monoisotopic (exact) mass is 260 g/mol. The Balaban J connectivity index is 3.73. The molecule has 0 aromatic carbocycles. The minimum atomic E-state index is 0.663. The predicted molar refractivity (Wildman–Crippen MR) is 82.0 cm³/mol. The summed E-state index contributed by atoms with van der Waals surface area (Å²) < 4.78 is 0. The molecule has 0 saturated heterocycles. The van der Waals surface area contributed by atoms with Crippen LogP contribution in [0.2, 0.25) is 0 Å². The molecular weight excluding hydrogens is 228 g/mol. The normalized spacial score (nSPS) is 15.5. The summed E-state index contributed by atoms with van der Waals surface area (Å²) in [7, 11) is 2.25. The van der Waals surface area contributed by atoms with Crippen LogP contribution in [-0.4, -0.2) is 49.6 Å². The fourth-order valence-corrected chi connectivity index (χ4v) is 2.28. The standard InChI is InChI=1S/C14H32N2S/c1-12(2)10-15-11-13(3)14(4)16(5)8-7-9-17-6/h12-15H,7-11H2,1-6H3. The zero-order valence-electron chi connectivity index (χ0n) is 12.6. The summed E-state index contributed by atoms with van der Waals surface area (Å²) >= 11 is 1.94. The largest absolute Gasteiger partial charge is 0.316 e. The Hall–Kier alpha value is 0.270. The number of hydrogen-bond acceptors (Lipinski definition) is 3. The van der Waals surface area contributed by atoms with Gasteiger partial charge in [0.25, 0.3) is 0 Å². The van der Waals surface area contributed by atoms with Crippen molar-refractivity contribution in [3.05, 3.63) is 0 Å². The topological polar surface area (TPSA) is 15.3 Å². The molecule has 0 aliphatic rings. The van der Waals surface area contributed by atoms with Crippen molar-refractivity contribution in [1.29, 1.82) is 0 Å². The average molecular weight is 260 g/mol. The molecule has 0 amide bonds. The molecule has 2 atom stereocenters. The number of nitrogens with zero attached hydrogens (tertiary/aromatic N) is 1. The molecular formula is C14H32N2S. The maximum absolute atomic E-state index is 3.56. The van der Waals surface area contributed by atoms with Crippen molar-refractivity contribution in [2.24, 2.45) is 11.8 Å². The third-order valence-corrected chi connectivity index (χ3v) is 4.09. The maximum atomic E-state index is 3.56. The second-order valence-corrected chi connectivity index (χ2v) is 6.58. The molecule has 2 unspecified atom stereocenters. The lowest BCUT2D eigenvalue weighted by Crippen LogP contribution is -2.40. The molecule has 0 aliphatic heterocycles. The van der Waals surface area contributed by atoms with E-state index in [4.69, 9.17) is 0 Å². The third-order valence-electron chi connectivity index (χ3n) is 3.40. The van der Waals surface area contributed by atoms with Crippen LogP contribution in [0, 0.1) is 11.8 Å². The Bertz CT molecular complexity index is 174. The van der Waals surface area contributed by atoms with Gasteiger partial charge in [-0.3, -0.25) is 0 Å². The van der Waals surface area contributed by atoms with Gasteiger partial charge in [-0.05, 0) is 63.9 Å². The molecule has 0 aromatic heterocycles. The Labute approximate surface area is 113 Å². The summed E-state index contributed by atoms with van der Waals surface area (Å²) in [5.41, 5.74) is 0. The fraction of sp³-hybridized carbons (Fsp3) is 1.00. The molecule has 3 heteroatoms. The predicted octanol–water partition coefficient (Wildman–Crippen LogP) is 2.94.